The molecule has 0 radical (unpaired) electrons. The van der Waals surface area contributed by atoms with Crippen molar-refractivity contribution in [3.8, 4) is 5.75 Å². The minimum Gasteiger partial charge on any atom is -0.496 e. The van der Waals surface area contributed by atoms with Gasteiger partial charge in [-0.1, -0.05) is 26.0 Å². The van der Waals surface area contributed by atoms with Crippen molar-refractivity contribution in [1.29, 1.82) is 0 Å². The summed E-state index contributed by atoms with van der Waals surface area (Å²) >= 11 is 4.24. The lowest BCUT2D eigenvalue weighted by Gasteiger charge is -2.13. The van der Waals surface area contributed by atoms with E-state index in [2.05, 4.69) is 38.6 Å². The lowest BCUT2D eigenvalue weighted by molar-refractivity contribution is 0.407. The van der Waals surface area contributed by atoms with Gasteiger partial charge in [-0.2, -0.15) is 12.6 Å². The summed E-state index contributed by atoms with van der Waals surface area (Å²) in [6.45, 7) is 4.37. The Hall–Kier alpha value is -0.630. The SMILES string of the molecule is COc1ccc(CCS)cc1C(C)C. The van der Waals surface area contributed by atoms with Crippen LogP contribution in [-0.4, -0.2) is 12.9 Å². The Bertz CT molecular complexity index is 294. The van der Waals surface area contributed by atoms with E-state index in [0.717, 1.165) is 17.9 Å². The molecule has 1 rings (SSSR count). The Labute approximate surface area is 91.9 Å². The molecular weight excluding hydrogens is 192 g/mol. The van der Waals surface area contributed by atoms with Crippen LogP contribution in [0.15, 0.2) is 18.2 Å². The fraction of sp³-hybridized carbons (Fsp3) is 0.500. The number of thiol groups is 1. The van der Waals surface area contributed by atoms with E-state index in [1.165, 1.54) is 11.1 Å². The van der Waals surface area contributed by atoms with Crippen LogP contribution >= 0.6 is 12.6 Å². The molecule has 0 fully saturated rings. The van der Waals surface area contributed by atoms with Crippen molar-refractivity contribution in [2.45, 2.75) is 26.2 Å². The Morgan fingerprint density at radius 2 is 2.07 bits per heavy atom. The molecule has 0 spiro atoms. The van der Waals surface area contributed by atoms with Gasteiger partial charge in [0.05, 0.1) is 7.11 Å². The highest BCUT2D eigenvalue weighted by Gasteiger charge is 2.07. The number of methoxy groups -OCH3 is 1. The van der Waals surface area contributed by atoms with E-state index in [1.54, 1.807) is 7.11 Å². The average Bonchev–Trinajstić information content (AvgIpc) is 2.18. The zero-order valence-electron chi connectivity index (χ0n) is 9.08. The molecule has 0 N–H and O–H groups in total. The maximum absolute atomic E-state index is 5.32. The quantitative estimate of drug-likeness (QED) is 0.750. The van der Waals surface area contributed by atoms with Gasteiger partial charge in [0, 0.05) is 0 Å². The van der Waals surface area contributed by atoms with Gasteiger partial charge in [0.15, 0.2) is 0 Å². The molecule has 78 valence electrons. The number of aryl methyl sites for hydroxylation is 1. The summed E-state index contributed by atoms with van der Waals surface area (Å²) in [6.07, 6.45) is 1.02. The van der Waals surface area contributed by atoms with Crippen molar-refractivity contribution in [2.24, 2.45) is 0 Å². The molecule has 0 aliphatic heterocycles. The molecule has 1 nitrogen and oxygen atoms in total. The maximum Gasteiger partial charge on any atom is 0.122 e. The van der Waals surface area contributed by atoms with E-state index < -0.39 is 0 Å². The Balaban J connectivity index is 3.01. The second-order valence-corrected chi connectivity index (χ2v) is 4.15. The van der Waals surface area contributed by atoms with Crippen LogP contribution in [0.3, 0.4) is 0 Å². The minimum atomic E-state index is 0.504. The summed E-state index contributed by atoms with van der Waals surface area (Å²) in [4.78, 5) is 0. The van der Waals surface area contributed by atoms with Crippen molar-refractivity contribution in [1.82, 2.24) is 0 Å². The van der Waals surface area contributed by atoms with Crippen molar-refractivity contribution in [3.63, 3.8) is 0 Å². The van der Waals surface area contributed by atoms with E-state index >= 15 is 0 Å². The van der Waals surface area contributed by atoms with Crippen LogP contribution in [0.1, 0.15) is 30.9 Å². The summed E-state index contributed by atoms with van der Waals surface area (Å²) in [5.74, 6) is 2.39. The number of ether oxygens (including phenoxy) is 1. The topological polar surface area (TPSA) is 9.23 Å². The van der Waals surface area contributed by atoms with Crippen molar-refractivity contribution in [2.75, 3.05) is 12.9 Å². The van der Waals surface area contributed by atoms with Gasteiger partial charge in [0.1, 0.15) is 5.75 Å². The number of hydrogen-bond donors (Lipinski definition) is 1. The summed E-state index contributed by atoms with van der Waals surface area (Å²) in [5, 5.41) is 0. The normalized spacial score (nSPS) is 10.6. The van der Waals surface area contributed by atoms with Gasteiger partial charge >= 0.3 is 0 Å². The van der Waals surface area contributed by atoms with E-state index in [1.807, 2.05) is 6.07 Å². The molecule has 0 unspecified atom stereocenters. The molecule has 1 aromatic rings. The van der Waals surface area contributed by atoms with Crippen molar-refractivity contribution < 1.29 is 4.74 Å². The molecule has 0 amide bonds. The molecular formula is C12H18OS. The molecule has 0 bridgehead atoms. The highest BCUT2D eigenvalue weighted by molar-refractivity contribution is 7.80. The number of benzene rings is 1. The Morgan fingerprint density at radius 1 is 1.36 bits per heavy atom. The minimum absolute atomic E-state index is 0.504. The van der Waals surface area contributed by atoms with Crippen LogP contribution in [0.5, 0.6) is 5.75 Å². The second kappa shape index (κ2) is 5.30. The van der Waals surface area contributed by atoms with Crippen LogP contribution in [0, 0.1) is 0 Å². The third kappa shape index (κ3) is 2.68. The number of rotatable bonds is 4. The fourth-order valence-corrected chi connectivity index (χ4v) is 1.78. The first-order chi connectivity index (χ1) is 6.69. The summed E-state index contributed by atoms with van der Waals surface area (Å²) in [5.41, 5.74) is 2.62. The molecule has 2 heteroatoms. The lowest BCUT2D eigenvalue weighted by atomic mass is 9.99. The van der Waals surface area contributed by atoms with Crippen LogP contribution in [0.2, 0.25) is 0 Å². The second-order valence-electron chi connectivity index (χ2n) is 3.70. The molecule has 0 aromatic heterocycles. The molecule has 0 saturated carbocycles. The van der Waals surface area contributed by atoms with Gasteiger partial charge in [-0.3, -0.25) is 0 Å². The van der Waals surface area contributed by atoms with Crippen molar-refractivity contribution in [3.05, 3.63) is 29.3 Å². The van der Waals surface area contributed by atoms with Gasteiger partial charge in [0.25, 0.3) is 0 Å². The van der Waals surface area contributed by atoms with E-state index in [4.69, 9.17) is 4.74 Å². The molecule has 1 aromatic carbocycles. The lowest BCUT2D eigenvalue weighted by Crippen LogP contribution is -1.96. The predicted octanol–water partition coefficient (Wildman–Crippen LogP) is 3.29. The van der Waals surface area contributed by atoms with Crippen LogP contribution in [0.25, 0.3) is 0 Å². The Morgan fingerprint density at radius 3 is 2.57 bits per heavy atom. The Kier molecular flexibility index (Phi) is 4.33. The first kappa shape index (κ1) is 11.4. The molecule has 0 heterocycles. The van der Waals surface area contributed by atoms with Crippen LogP contribution in [0.4, 0.5) is 0 Å². The molecule has 0 aliphatic carbocycles. The average molecular weight is 210 g/mol. The van der Waals surface area contributed by atoms with E-state index in [0.29, 0.717) is 5.92 Å². The largest absolute Gasteiger partial charge is 0.496 e. The molecule has 0 saturated heterocycles. The highest BCUT2D eigenvalue weighted by atomic mass is 32.1. The molecule has 14 heavy (non-hydrogen) atoms. The third-order valence-electron chi connectivity index (χ3n) is 2.32. The maximum atomic E-state index is 5.32. The summed E-state index contributed by atoms with van der Waals surface area (Å²) < 4.78 is 5.32. The third-order valence-corrected chi connectivity index (χ3v) is 2.54. The highest BCUT2D eigenvalue weighted by Crippen LogP contribution is 2.27. The van der Waals surface area contributed by atoms with Crippen molar-refractivity contribution >= 4 is 12.6 Å². The van der Waals surface area contributed by atoms with Gasteiger partial charge < -0.3 is 4.74 Å². The van der Waals surface area contributed by atoms with Gasteiger partial charge in [-0.05, 0) is 35.3 Å². The van der Waals surface area contributed by atoms with Gasteiger partial charge in [-0.25, -0.2) is 0 Å². The smallest absolute Gasteiger partial charge is 0.122 e. The molecule has 0 aliphatic rings. The number of hydrogen-bond acceptors (Lipinski definition) is 2. The molecule has 0 atom stereocenters. The first-order valence-corrected chi connectivity index (χ1v) is 5.60. The van der Waals surface area contributed by atoms with Gasteiger partial charge in [0.2, 0.25) is 0 Å². The standard InChI is InChI=1S/C12H18OS/c1-9(2)11-8-10(6-7-14)4-5-12(11)13-3/h4-5,8-9,14H,6-7H2,1-3H3. The van der Waals surface area contributed by atoms with Gasteiger partial charge in [-0.15, -0.1) is 0 Å². The summed E-state index contributed by atoms with van der Waals surface area (Å²) in [7, 11) is 1.72. The fourth-order valence-electron chi connectivity index (χ4n) is 1.52. The van der Waals surface area contributed by atoms with Crippen LogP contribution in [-0.2, 0) is 6.42 Å². The van der Waals surface area contributed by atoms with E-state index in [9.17, 15) is 0 Å². The summed E-state index contributed by atoms with van der Waals surface area (Å²) in [6, 6.07) is 6.38. The predicted molar refractivity (Wildman–Crippen MR) is 64.6 cm³/mol. The first-order valence-electron chi connectivity index (χ1n) is 4.96. The van der Waals surface area contributed by atoms with Crippen LogP contribution < -0.4 is 4.74 Å². The van der Waals surface area contributed by atoms with E-state index in [-0.39, 0.29) is 0 Å². The monoisotopic (exact) mass is 210 g/mol. The zero-order chi connectivity index (χ0) is 10.6. The zero-order valence-corrected chi connectivity index (χ0v) is 9.97.